The van der Waals surface area contributed by atoms with E-state index in [2.05, 4.69) is 37.5 Å². The number of piperazine rings is 1. The smallest absolute Gasteiger partial charge is 0.277 e. The predicted molar refractivity (Wildman–Crippen MR) is 106 cm³/mol. The Morgan fingerprint density at radius 1 is 1.21 bits per heavy atom. The Balaban J connectivity index is 1.38. The van der Waals surface area contributed by atoms with Crippen molar-refractivity contribution in [3.05, 3.63) is 53.9 Å². The summed E-state index contributed by atoms with van der Waals surface area (Å²) in [6, 6.07) is 10.1. The Kier molecular flexibility index (Phi) is 4.47. The van der Waals surface area contributed by atoms with Crippen LogP contribution < -0.4 is 5.32 Å². The molecule has 3 aromatic heterocycles. The zero-order valence-electron chi connectivity index (χ0n) is 15.3. The molecule has 1 saturated heterocycles. The van der Waals surface area contributed by atoms with Crippen molar-refractivity contribution in [2.24, 2.45) is 0 Å². The molecule has 0 bridgehead atoms. The number of likely N-dealkylation sites (N-methyl/N-ethyl adjacent to an activating group) is 1. The lowest BCUT2D eigenvalue weighted by Crippen LogP contribution is -2.44. The normalized spacial score (nSPS) is 17.8. The van der Waals surface area contributed by atoms with Crippen LogP contribution in [0.15, 0.2) is 52.6 Å². The van der Waals surface area contributed by atoms with Gasteiger partial charge in [0.15, 0.2) is 5.82 Å². The van der Waals surface area contributed by atoms with Crippen molar-refractivity contribution in [1.29, 1.82) is 0 Å². The van der Waals surface area contributed by atoms with Gasteiger partial charge in [-0.2, -0.15) is 10.1 Å². The lowest BCUT2D eigenvalue weighted by Gasteiger charge is -2.30. The first-order valence-electron chi connectivity index (χ1n) is 9.09. The molecule has 1 aliphatic heterocycles. The molecule has 9 heteroatoms. The van der Waals surface area contributed by atoms with Crippen LogP contribution in [-0.4, -0.2) is 56.5 Å². The standard InChI is InChI=1S/C19H19N7OS/c1-25-8-7-20-10-16(25)17-23-18(27-24-17)15-12-28-19(22-15)13-9-21-26(11-13)14-5-3-2-4-6-14/h2-6,9,11-12,16,20H,7-8,10H2,1H3. The minimum absolute atomic E-state index is 0.119. The number of nitrogens with zero attached hydrogens (tertiary/aromatic N) is 6. The van der Waals surface area contributed by atoms with E-state index < -0.39 is 0 Å². The molecule has 0 amide bonds. The van der Waals surface area contributed by atoms with Gasteiger partial charge in [-0.15, -0.1) is 11.3 Å². The quantitative estimate of drug-likeness (QED) is 0.570. The second-order valence-electron chi connectivity index (χ2n) is 6.71. The van der Waals surface area contributed by atoms with Crippen molar-refractivity contribution < 1.29 is 4.52 Å². The van der Waals surface area contributed by atoms with Crippen LogP contribution in [-0.2, 0) is 0 Å². The van der Waals surface area contributed by atoms with E-state index in [0.29, 0.717) is 17.4 Å². The topological polar surface area (TPSA) is 84.9 Å². The molecule has 0 spiro atoms. The van der Waals surface area contributed by atoms with Gasteiger partial charge >= 0.3 is 0 Å². The maximum Gasteiger partial charge on any atom is 0.277 e. The summed E-state index contributed by atoms with van der Waals surface area (Å²) in [4.78, 5) is 11.5. The molecule has 8 nitrogen and oxygen atoms in total. The second-order valence-corrected chi connectivity index (χ2v) is 7.56. The van der Waals surface area contributed by atoms with E-state index in [0.717, 1.165) is 35.9 Å². The van der Waals surface area contributed by atoms with Gasteiger partial charge in [0.25, 0.3) is 5.89 Å². The number of hydrogen-bond acceptors (Lipinski definition) is 8. The van der Waals surface area contributed by atoms with E-state index >= 15 is 0 Å². The zero-order chi connectivity index (χ0) is 18.9. The van der Waals surface area contributed by atoms with Crippen molar-refractivity contribution >= 4 is 11.3 Å². The summed E-state index contributed by atoms with van der Waals surface area (Å²) >= 11 is 1.54. The number of para-hydroxylation sites is 1. The molecule has 0 radical (unpaired) electrons. The highest BCUT2D eigenvalue weighted by atomic mass is 32.1. The highest BCUT2D eigenvalue weighted by Gasteiger charge is 2.26. The van der Waals surface area contributed by atoms with E-state index in [9.17, 15) is 0 Å². The van der Waals surface area contributed by atoms with Gasteiger partial charge in [-0.1, -0.05) is 23.4 Å². The first kappa shape index (κ1) is 17.2. The Hall–Kier alpha value is -2.88. The number of aromatic nitrogens is 5. The molecule has 4 heterocycles. The largest absolute Gasteiger partial charge is 0.332 e. The Bertz CT molecular complexity index is 1070. The van der Waals surface area contributed by atoms with Crippen LogP contribution in [0.25, 0.3) is 27.8 Å². The first-order chi connectivity index (χ1) is 13.8. The molecule has 5 rings (SSSR count). The summed E-state index contributed by atoms with van der Waals surface area (Å²) in [6.07, 6.45) is 3.79. The number of hydrogen-bond donors (Lipinski definition) is 1. The third kappa shape index (κ3) is 3.24. The van der Waals surface area contributed by atoms with Gasteiger partial charge in [0, 0.05) is 36.8 Å². The zero-order valence-corrected chi connectivity index (χ0v) is 16.1. The van der Waals surface area contributed by atoms with E-state index in [4.69, 9.17) is 4.52 Å². The molecular weight excluding hydrogens is 374 g/mol. The average molecular weight is 393 g/mol. The number of nitrogens with one attached hydrogen (secondary N) is 1. The highest BCUT2D eigenvalue weighted by molar-refractivity contribution is 7.13. The summed E-state index contributed by atoms with van der Waals surface area (Å²) in [7, 11) is 2.08. The van der Waals surface area contributed by atoms with Gasteiger partial charge < -0.3 is 9.84 Å². The van der Waals surface area contributed by atoms with Crippen LogP contribution in [0.5, 0.6) is 0 Å². The molecule has 142 valence electrons. The summed E-state index contributed by atoms with van der Waals surface area (Å²) in [5.41, 5.74) is 2.66. The molecule has 0 saturated carbocycles. The minimum Gasteiger partial charge on any atom is -0.332 e. The summed E-state index contributed by atoms with van der Waals surface area (Å²) in [5, 5.41) is 14.8. The van der Waals surface area contributed by atoms with Crippen LogP contribution >= 0.6 is 11.3 Å². The van der Waals surface area contributed by atoms with Crippen LogP contribution in [0.1, 0.15) is 11.9 Å². The van der Waals surface area contributed by atoms with Crippen LogP contribution in [0, 0.1) is 0 Å². The maximum absolute atomic E-state index is 5.48. The fourth-order valence-corrected chi connectivity index (χ4v) is 4.00. The van der Waals surface area contributed by atoms with Crippen molar-refractivity contribution in [3.63, 3.8) is 0 Å². The molecule has 1 unspecified atom stereocenters. The van der Waals surface area contributed by atoms with Crippen molar-refractivity contribution in [3.8, 4) is 27.8 Å². The van der Waals surface area contributed by atoms with Gasteiger partial charge in [0.1, 0.15) is 10.7 Å². The third-order valence-corrected chi connectivity index (χ3v) is 5.72. The fraction of sp³-hybridized carbons (Fsp3) is 0.263. The van der Waals surface area contributed by atoms with Crippen molar-refractivity contribution in [2.75, 3.05) is 26.7 Å². The maximum atomic E-state index is 5.48. The SMILES string of the molecule is CN1CCNCC1c1noc(-c2csc(-c3cnn(-c4ccccc4)c3)n2)n1. The lowest BCUT2D eigenvalue weighted by atomic mass is 10.2. The van der Waals surface area contributed by atoms with E-state index in [1.807, 2.05) is 52.8 Å². The number of benzene rings is 1. The molecule has 1 fully saturated rings. The highest BCUT2D eigenvalue weighted by Crippen LogP contribution is 2.29. The van der Waals surface area contributed by atoms with Crippen LogP contribution in [0.4, 0.5) is 0 Å². The molecule has 1 aliphatic rings. The molecule has 1 N–H and O–H groups in total. The third-order valence-electron chi connectivity index (χ3n) is 4.82. The van der Waals surface area contributed by atoms with Crippen molar-refractivity contribution in [2.45, 2.75) is 6.04 Å². The van der Waals surface area contributed by atoms with Crippen LogP contribution in [0.3, 0.4) is 0 Å². The number of thiazole rings is 1. The Morgan fingerprint density at radius 3 is 2.96 bits per heavy atom. The first-order valence-corrected chi connectivity index (χ1v) is 9.97. The summed E-state index contributed by atoms with van der Waals surface area (Å²) in [5.74, 6) is 1.14. The summed E-state index contributed by atoms with van der Waals surface area (Å²) < 4.78 is 7.32. The van der Waals surface area contributed by atoms with Crippen LogP contribution in [0.2, 0.25) is 0 Å². The average Bonchev–Trinajstić information content (AvgIpc) is 3.48. The summed E-state index contributed by atoms with van der Waals surface area (Å²) in [6.45, 7) is 2.75. The second kappa shape index (κ2) is 7.27. The Labute approximate surface area is 165 Å². The molecule has 28 heavy (non-hydrogen) atoms. The van der Waals surface area contributed by atoms with E-state index in [1.165, 1.54) is 11.3 Å². The van der Waals surface area contributed by atoms with Gasteiger partial charge in [0.2, 0.25) is 0 Å². The Morgan fingerprint density at radius 2 is 2.11 bits per heavy atom. The van der Waals surface area contributed by atoms with Crippen molar-refractivity contribution in [1.82, 2.24) is 35.1 Å². The molecule has 1 aromatic carbocycles. The number of rotatable bonds is 4. The minimum atomic E-state index is 0.119. The lowest BCUT2D eigenvalue weighted by molar-refractivity contribution is 0.190. The molecule has 1 atom stereocenters. The van der Waals surface area contributed by atoms with Gasteiger partial charge in [-0.25, -0.2) is 9.67 Å². The van der Waals surface area contributed by atoms with Gasteiger partial charge in [-0.3, -0.25) is 4.90 Å². The van der Waals surface area contributed by atoms with Gasteiger partial charge in [-0.05, 0) is 19.2 Å². The van der Waals surface area contributed by atoms with Gasteiger partial charge in [0.05, 0.1) is 17.9 Å². The molecule has 4 aromatic rings. The fourth-order valence-electron chi connectivity index (χ4n) is 3.23. The molecular formula is C19H19N7OS. The molecule has 0 aliphatic carbocycles. The predicted octanol–water partition coefficient (Wildman–Crippen LogP) is 2.62. The van der Waals surface area contributed by atoms with E-state index in [1.54, 1.807) is 0 Å². The monoisotopic (exact) mass is 393 g/mol. The van der Waals surface area contributed by atoms with E-state index in [-0.39, 0.29) is 6.04 Å².